The molecule has 3 aliphatic rings. The monoisotopic (exact) mass is 846 g/mol. The number of phenolic OH excluding ortho intramolecular Hbond substituents is 1. The van der Waals surface area contributed by atoms with Crippen molar-refractivity contribution in [1.29, 1.82) is 5.41 Å². The maximum absolute atomic E-state index is 17.1. The summed E-state index contributed by atoms with van der Waals surface area (Å²) in [5.74, 6) is -14.1. The lowest BCUT2D eigenvalue weighted by molar-refractivity contribution is -0.133. The average Bonchev–Trinajstić information content (AvgIpc) is 3.84. The fourth-order valence-corrected chi connectivity index (χ4v) is 7.46. The van der Waals surface area contributed by atoms with Gasteiger partial charge in [0.1, 0.15) is 40.4 Å². The smallest absolute Gasteiger partial charge is 0.362 e. The quantitative estimate of drug-likeness (QED) is 0.0790. The number of hydrogen-bond acceptors (Lipinski definition) is 15. The molecule has 2 aromatic heterocycles. The van der Waals surface area contributed by atoms with Crippen LogP contribution in [0.5, 0.6) is 40.4 Å². The Balaban J connectivity index is 1.38. The highest BCUT2D eigenvalue weighted by atomic mass is 32.2. The zero-order valence-corrected chi connectivity index (χ0v) is 32.1. The lowest BCUT2D eigenvalue weighted by Crippen LogP contribution is -2.25. The average molecular weight is 847 g/mol. The second kappa shape index (κ2) is 15.1. The van der Waals surface area contributed by atoms with E-state index >= 15 is 17.6 Å². The van der Waals surface area contributed by atoms with E-state index in [2.05, 4.69) is 20.0 Å². The molecule has 3 aliphatic heterocycles. The molecule has 0 atom stereocenters. The van der Waals surface area contributed by atoms with Crippen LogP contribution in [0.2, 0.25) is 0 Å². The zero-order chi connectivity index (χ0) is 42.6. The summed E-state index contributed by atoms with van der Waals surface area (Å²) >= 11 is 0. The number of amidine groups is 3. The maximum Gasteiger partial charge on any atom is 0.362 e. The first-order valence-corrected chi connectivity index (χ1v) is 19.2. The number of halogens is 4. The molecule has 16 nitrogen and oxygen atoms in total. The number of pyridine rings is 2. The van der Waals surface area contributed by atoms with Crippen molar-refractivity contribution in [3.8, 4) is 51.8 Å². The zero-order valence-electron chi connectivity index (χ0n) is 31.3. The second-order valence-corrected chi connectivity index (χ2v) is 14.9. The number of fused-ring (bicyclic) bond motifs is 3. The minimum Gasteiger partial charge on any atom is -0.504 e. The number of aromatic hydroxyl groups is 1. The van der Waals surface area contributed by atoms with Gasteiger partial charge in [-0.3, -0.25) is 20.2 Å². The van der Waals surface area contributed by atoms with Gasteiger partial charge < -0.3 is 39.0 Å². The Labute approximate surface area is 337 Å². The number of para-hydroxylation sites is 2. The molecule has 0 radical (unpaired) electrons. The number of nitrogens with one attached hydrogen (secondary N) is 1. The molecule has 0 aliphatic carbocycles. The molecular formula is C39H30F4N8O8S. The molecule has 8 rings (SSSR count). The molecule has 0 fully saturated rings. The molecule has 0 spiro atoms. The number of carbonyl (C=O) groups is 1. The van der Waals surface area contributed by atoms with Gasteiger partial charge in [-0.25, -0.2) is 18.7 Å². The lowest BCUT2D eigenvalue weighted by atomic mass is 10.0. The van der Waals surface area contributed by atoms with Crippen molar-refractivity contribution < 1.29 is 54.3 Å². The molecular weight excluding hydrogens is 817 g/mol. The second-order valence-electron chi connectivity index (χ2n) is 13.5. The normalized spacial score (nSPS) is 15.7. The number of nitrogen functional groups attached to an aromatic ring is 1. The fraction of sp³-hybridized carbons (Fsp3) is 0.179. The number of likely N-dealkylation sites (N-methyl/N-ethyl adjacent to an activating group) is 2. The summed E-state index contributed by atoms with van der Waals surface area (Å²) < 4.78 is 116. The topological polar surface area (TPSA) is 215 Å². The standard InChI is InChI=1S/C39H30F4N8O8S/c1-50-14-12-46-36(50)20-7-3-4-9-23(20)56-33-26(40)30(48-38(28(33)42)57-24-16-19(35(44)45)10-11-22(24)52)31-27(41)34-29(43)39(49-31)60(54,55)59-25(53)17-18-6-5-8-21(32(18)58-34)37-47-13-15-51(37)2/h3-11,16,52H,12-15,17H2,1-2H3,(H3,44,45). The van der Waals surface area contributed by atoms with Crippen molar-refractivity contribution >= 4 is 33.6 Å². The Hall–Kier alpha value is -7.29. The maximum atomic E-state index is 17.1. The van der Waals surface area contributed by atoms with Crippen LogP contribution >= 0.6 is 0 Å². The predicted molar refractivity (Wildman–Crippen MR) is 205 cm³/mol. The molecule has 4 N–H and O–H groups in total. The van der Waals surface area contributed by atoms with Gasteiger partial charge >= 0.3 is 16.1 Å². The molecule has 60 heavy (non-hydrogen) atoms. The highest BCUT2D eigenvalue weighted by Gasteiger charge is 2.38. The van der Waals surface area contributed by atoms with Gasteiger partial charge in [0, 0.05) is 38.3 Å². The first kappa shape index (κ1) is 39.5. The van der Waals surface area contributed by atoms with E-state index in [-0.39, 0.29) is 33.8 Å². The Morgan fingerprint density at radius 2 is 1.48 bits per heavy atom. The summed E-state index contributed by atoms with van der Waals surface area (Å²) in [5, 5.41) is 16.7. The van der Waals surface area contributed by atoms with E-state index in [9.17, 15) is 18.3 Å². The molecule has 21 heteroatoms. The van der Waals surface area contributed by atoms with Gasteiger partial charge in [-0.2, -0.15) is 17.2 Å². The van der Waals surface area contributed by atoms with E-state index in [4.69, 9.17) is 29.5 Å². The van der Waals surface area contributed by atoms with Crippen LogP contribution in [-0.2, 0) is 25.5 Å². The van der Waals surface area contributed by atoms with Crippen molar-refractivity contribution in [2.75, 3.05) is 40.3 Å². The highest BCUT2D eigenvalue weighted by Crippen LogP contribution is 2.45. The van der Waals surface area contributed by atoms with E-state index in [1.165, 1.54) is 36.4 Å². The molecule has 2 bridgehead atoms. The third kappa shape index (κ3) is 7.01. The number of nitrogens with zero attached hydrogens (tertiary/aromatic N) is 6. The van der Waals surface area contributed by atoms with Crippen LogP contribution in [0, 0.1) is 28.7 Å². The van der Waals surface area contributed by atoms with Gasteiger partial charge in [0.15, 0.2) is 23.1 Å². The minimum atomic E-state index is -5.55. The Bertz CT molecular complexity index is 2840. The number of phenols is 1. The van der Waals surface area contributed by atoms with Crippen molar-refractivity contribution in [1.82, 2.24) is 19.8 Å². The summed E-state index contributed by atoms with van der Waals surface area (Å²) in [6.07, 6.45) is -0.739. The summed E-state index contributed by atoms with van der Waals surface area (Å²) in [6, 6.07) is 13.6. The summed E-state index contributed by atoms with van der Waals surface area (Å²) in [7, 11) is -2.13. The number of carbonyl (C=O) groups excluding carboxylic acids is 1. The minimum absolute atomic E-state index is 0.00862. The van der Waals surface area contributed by atoms with E-state index in [1.807, 2.05) is 0 Å². The summed E-state index contributed by atoms with van der Waals surface area (Å²) in [6.45, 7) is 1.73. The third-order valence-electron chi connectivity index (χ3n) is 9.49. The van der Waals surface area contributed by atoms with Gasteiger partial charge in [0.25, 0.3) is 5.88 Å². The Kier molecular flexibility index (Phi) is 9.98. The van der Waals surface area contributed by atoms with E-state index in [0.29, 0.717) is 37.9 Å². The number of benzene rings is 3. The van der Waals surface area contributed by atoms with Crippen molar-refractivity contribution in [2.24, 2.45) is 15.7 Å². The van der Waals surface area contributed by atoms with Crippen LogP contribution < -0.4 is 19.9 Å². The van der Waals surface area contributed by atoms with Gasteiger partial charge in [-0.1, -0.05) is 24.3 Å². The van der Waals surface area contributed by atoms with Crippen molar-refractivity contribution in [3.05, 3.63) is 106 Å². The number of hydrogen-bond donors (Lipinski definition) is 3. The van der Waals surface area contributed by atoms with Gasteiger partial charge in [0.2, 0.25) is 28.2 Å². The number of aliphatic imine (C=N–C) groups is 2. The Morgan fingerprint density at radius 1 is 0.817 bits per heavy atom. The van der Waals surface area contributed by atoms with E-state index < -0.39 is 96.9 Å². The number of ether oxygens (including phenoxy) is 3. The first-order valence-electron chi connectivity index (χ1n) is 17.8. The molecule has 0 saturated carbocycles. The van der Waals surface area contributed by atoms with Crippen LogP contribution in [0.4, 0.5) is 17.6 Å². The molecule has 5 heterocycles. The number of aromatic nitrogens is 2. The van der Waals surface area contributed by atoms with Crippen molar-refractivity contribution in [3.63, 3.8) is 0 Å². The van der Waals surface area contributed by atoms with Crippen LogP contribution in [0.1, 0.15) is 22.3 Å². The van der Waals surface area contributed by atoms with Crippen LogP contribution in [0.15, 0.2) is 75.7 Å². The van der Waals surface area contributed by atoms with Gasteiger partial charge in [0.05, 0.1) is 30.6 Å². The van der Waals surface area contributed by atoms with E-state index in [1.54, 1.807) is 36.0 Å². The molecule has 308 valence electrons. The Morgan fingerprint density at radius 3 is 2.17 bits per heavy atom. The lowest BCUT2D eigenvalue weighted by Gasteiger charge is -2.22. The number of nitrogens with two attached hydrogens (primary N) is 1. The largest absolute Gasteiger partial charge is 0.504 e. The first-order chi connectivity index (χ1) is 28.6. The van der Waals surface area contributed by atoms with E-state index in [0.717, 1.165) is 12.1 Å². The molecule has 5 aromatic rings. The molecule has 0 saturated heterocycles. The molecule has 0 unspecified atom stereocenters. The molecule has 0 amide bonds. The van der Waals surface area contributed by atoms with Crippen LogP contribution in [-0.4, -0.2) is 97.0 Å². The SMILES string of the molecule is CN1CCN=C1c1ccccc1Oc1c(F)c(Oc2cc(C(=N)N)ccc2O)nc(-c2nc3c(F)c(c2F)Oc2c(cccc2C2=NCCN2C)CC(=O)OS3(=O)=O)c1F. The van der Waals surface area contributed by atoms with Crippen molar-refractivity contribution in [2.45, 2.75) is 11.4 Å². The summed E-state index contributed by atoms with van der Waals surface area (Å²) in [4.78, 5) is 32.7. The van der Waals surface area contributed by atoms with Gasteiger partial charge in [-0.15, -0.1) is 0 Å². The fourth-order valence-electron chi connectivity index (χ4n) is 6.56. The predicted octanol–water partition coefficient (Wildman–Crippen LogP) is 5.24. The molecule has 3 aromatic carbocycles. The van der Waals surface area contributed by atoms with Gasteiger partial charge in [-0.05, 0) is 36.4 Å². The third-order valence-corrected chi connectivity index (χ3v) is 10.6. The van der Waals surface area contributed by atoms with Crippen LogP contribution in [0.25, 0.3) is 11.4 Å². The van der Waals surface area contributed by atoms with Crippen LogP contribution in [0.3, 0.4) is 0 Å². The highest BCUT2D eigenvalue weighted by molar-refractivity contribution is 7.87. The number of rotatable bonds is 8. The summed E-state index contributed by atoms with van der Waals surface area (Å²) in [5.41, 5.74) is 3.25.